The molecule has 0 aromatic carbocycles. The summed E-state index contributed by atoms with van der Waals surface area (Å²) in [6, 6.07) is 3.79. The van der Waals surface area contributed by atoms with E-state index in [1.165, 1.54) is 22.1 Å². The van der Waals surface area contributed by atoms with Crippen molar-refractivity contribution in [3.8, 4) is 6.07 Å². The van der Waals surface area contributed by atoms with Gasteiger partial charge in [0, 0.05) is 36.3 Å². The van der Waals surface area contributed by atoms with Crippen molar-refractivity contribution >= 4 is 17.0 Å². The van der Waals surface area contributed by atoms with Crippen LogP contribution in [-0.4, -0.2) is 34.4 Å². The van der Waals surface area contributed by atoms with E-state index in [-0.39, 0.29) is 22.3 Å². The van der Waals surface area contributed by atoms with Gasteiger partial charge in [-0.1, -0.05) is 0 Å². The molecule has 0 atom stereocenters. The van der Waals surface area contributed by atoms with Crippen LogP contribution in [0.15, 0.2) is 29.7 Å². The van der Waals surface area contributed by atoms with Gasteiger partial charge in [-0.05, 0) is 56.7 Å². The van der Waals surface area contributed by atoms with Crippen molar-refractivity contribution in [3.05, 3.63) is 56.6 Å². The van der Waals surface area contributed by atoms with E-state index in [0.29, 0.717) is 31.6 Å². The molecule has 2 aromatic rings. The summed E-state index contributed by atoms with van der Waals surface area (Å²) in [5, 5.41) is 13.8. The Bertz CT molecular complexity index is 1120. The van der Waals surface area contributed by atoms with Gasteiger partial charge in [0.25, 0.3) is 0 Å². The highest BCUT2D eigenvalue weighted by atomic mass is 32.1. The minimum Gasteiger partial charge on any atom is -0.369 e. The number of halogens is 2. The summed E-state index contributed by atoms with van der Waals surface area (Å²) >= 11 is 1.23. The van der Waals surface area contributed by atoms with Crippen LogP contribution in [0.5, 0.6) is 0 Å². The van der Waals surface area contributed by atoms with Crippen molar-refractivity contribution in [2.24, 2.45) is 0 Å². The Morgan fingerprint density at radius 2 is 2.10 bits per heavy atom. The number of allylic oxidation sites excluding steroid dienone is 4. The topological polar surface area (TPSA) is 54.1 Å². The number of nitriles is 1. The number of likely N-dealkylation sites (tertiary alicyclic amines) is 1. The Morgan fingerprint density at radius 3 is 2.87 bits per heavy atom. The molecule has 0 bridgehead atoms. The van der Waals surface area contributed by atoms with E-state index in [9.17, 15) is 14.0 Å². The lowest BCUT2D eigenvalue weighted by Crippen LogP contribution is -2.45. The average Bonchev–Trinajstić information content (AvgIpc) is 3.32. The second kappa shape index (κ2) is 7.97. The number of hydrogen-bond acceptors (Lipinski definition) is 5. The number of thiophene rings is 1. The van der Waals surface area contributed by atoms with E-state index in [1.54, 1.807) is 6.07 Å². The quantitative estimate of drug-likeness (QED) is 0.683. The van der Waals surface area contributed by atoms with Crippen LogP contribution in [0.1, 0.15) is 47.4 Å². The van der Waals surface area contributed by atoms with Crippen LogP contribution in [0.2, 0.25) is 0 Å². The summed E-state index contributed by atoms with van der Waals surface area (Å²) in [5.74, 6) is -0.384. The van der Waals surface area contributed by atoms with Gasteiger partial charge in [0.15, 0.2) is 5.13 Å². The summed E-state index contributed by atoms with van der Waals surface area (Å²) < 4.78 is 36.0. The molecule has 8 heteroatoms. The molecule has 4 heterocycles. The van der Waals surface area contributed by atoms with Crippen LogP contribution in [-0.2, 0) is 23.3 Å². The van der Waals surface area contributed by atoms with Gasteiger partial charge in [0.05, 0.1) is 23.9 Å². The Hall–Kier alpha value is -2.34. The van der Waals surface area contributed by atoms with Crippen molar-refractivity contribution in [2.75, 3.05) is 19.7 Å². The molecule has 1 aliphatic carbocycles. The lowest BCUT2D eigenvalue weighted by molar-refractivity contribution is -0.0960. The highest BCUT2D eigenvalue weighted by Crippen LogP contribution is 2.45. The van der Waals surface area contributed by atoms with Crippen molar-refractivity contribution in [2.45, 2.75) is 51.2 Å². The molecule has 5 rings (SSSR count). The first kappa shape index (κ1) is 20.6. The second-order valence-electron chi connectivity index (χ2n) is 8.49. The molecular weight excluding hydrogens is 418 g/mol. The second-order valence-corrected chi connectivity index (χ2v) is 9.49. The minimum absolute atomic E-state index is 0.129. The molecular formula is C23H24F2N4OS. The fourth-order valence-corrected chi connectivity index (χ4v) is 6.03. The standard InChI is InChI=1S/C23H24F2N4OS/c1-15-18(14-29(27-15)21-17(12-26)3-2-4-19(21)24)13-28-8-6-23(7-9-28)22-16(5-10-30-23)11-20(25)31-22/h4,11,14H,2-3,5-10,13H2,1H3. The number of fused-ring (bicyclic) bond motifs is 2. The van der Waals surface area contributed by atoms with E-state index in [1.807, 2.05) is 13.1 Å². The maximum atomic E-state index is 14.4. The molecule has 0 unspecified atom stereocenters. The molecule has 31 heavy (non-hydrogen) atoms. The first-order valence-corrected chi connectivity index (χ1v) is 11.5. The maximum absolute atomic E-state index is 14.4. The number of rotatable bonds is 3. The minimum atomic E-state index is -0.384. The molecule has 162 valence electrons. The zero-order valence-electron chi connectivity index (χ0n) is 17.5. The van der Waals surface area contributed by atoms with Gasteiger partial charge in [0.1, 0.15) is 17.1 Å². The largest absolute Gasteiger partial charge is 0.369 e. The van der Waals surface area contributed by atoms with E-state index in [0.717, 1.165) is 54.0 Å². The molecule has 0 N–H and O–H groups in total. The summed E-state index contributed by atoms with van der Waals surface area (Å²) in [6.45, 7) is 4.94. The zero-order valence-corrected chi connectivity index (χ0v) is 18.3. The van der Waals surface area contributed by atoms with Gasteiger partial charge in [-0.3, -0.25) is 4.90 Å². The van der Waals surface area contributed by atoms with Crippen LogP contribution >= 0.6 is 11.3 Å². The van der Waals surface area contributed by atoms with Crippen LogP contribution in [0, 0.1) is 23.4 Å². The number of piperidine rings is 1. The molecule has 3 aliphatic rings. The van der Waals surface area contributed by atoms with Gasteiger partial charge < -0.3 is 4.74 Å². The Labute approximate surface area is 184 Å². The third kappa shape index (κ3) is 3.65. The molecule has 5 nitrogen and oxygen atoms in total. The number of aromatic nitrogens is 2. The summed E-state index contributed by atoms with van der Waals surface area (Å²) in [4.78, 5) is 3.41. The Balaban J connectivity index is 1.32. The first-order chi connectivity index (χ1) is 15.0. The molecule has 1 saturated heterocycles. The third-order valence-corrected chi connectivity index (χ3v) is 7.75. The van der Waals surface area contributed by atoms with Gasteiger partial charge in [-0.25, -0.2) is 9.07 Å². The SMILES string of the molecule is Cc1nn(C2=C(C#N)CCC=C2F)cc1CN1CCC2(CC1)OCCc1cc(F)sc12. The number of aryl methyl sites for hydroxylation is 1. The van der Waals surface area contributed by atoms with Crippen LogP contribution in [0.3, 0.4) is 0 Å². The predicted molar refractivity (Wildman–Crippen MR) is 114 cm³/mol. The number of nitrogens with zero attached hydrogens (tertiary/aromatic N) is 4. The van der Waals surface area contributed by atoms with Crippen LogP contribution in [0.25, 0.3) is 5.70 Å². The highest BCUT2D eigenvalue weighted by molar-refractivity contribution is 7.10. The number of hydrogen-bond donors (Lipinski definition) is 0. The van der Waals surface area contributed by atoms with Crippen molar-refractivity contribution in [1.29, 1.82) is 5.26 Å². The van der Waals surface area contributed by atoms with Crippen molar-refractivity contribution in [1.82, 2.24) is 14.7 Å². The summed E-state index contributed by atoms with van der Waals surface area (Å²) in [6.07, 6.45) is 6.87. The highest BCUT2D eigenvalue weighted by Gasteiger charge is 2.42. The van der Waals surface area contributed by atoms with Gasteiger partial charge in [-0.15, -0.1) is 11.3 Å². The van der Waals surface area contributed by atoms with Gasteiger partial charge in [0.2, 0.25) is 0 Å². The van der Waals surface area contributed by atoms with E-state index in [2.05, 4.69) is 16.1 Å². The van der Waals surface area contributed by atoms with E-state index >= 15 is 0 Å². The molecule has 2 aliphatic heterocycles. The van der Waals surface area contributed by atoms with E-state index < -0.39 is 0 Å². The fourth-order valence-electron chi connectivity index (χ4n) is 4.90. The summed E-state index contributed by atoms with van der Waals surface area (Å²) in [5.41, 5.74) is 3.29. The summed E-state index contributed by atoms with van der Waals surface area (Å²) in [7, 11) is 0. The van der Waals surface area contributed by atoms with Crippen LogP contribution in [0.4, 0.5) is 8.78 Å². The van der Waals surface area contributed by atoms with Crippen molar-refractivity contribution in [3.63, 3.8) is 0 Å². The molecule has 1 spiro atoms. The first-order valence-electron chi connectivity index (χ1n) is 10.7. The number of ether oxygens (including phenoxy) is 1. The monoisotopic (exact) mass is 442 g/mol. The lowest BCUT2D eigenvalue weighted by atomic mass is 9.85. The zero-order chi connectivity index (χ0) is 21.6. The molecule has 1 fully saturated rings. The average molecular weight is 443 g/mol. The van der Waals surface area contributed by atoms with E-state index in [4.69, 9.17) is 4.74 Å². The molecule has 2 aromatic heterocycles. The maximum Gasteiger partial charge on any atom is 0.177 e. The molecule has 0 saturated carbocycles. The third-order valence-electron chi connectivity index (χ3n) is 6.59. The predicted octanol–water partition coefficient (Wildman–Crippen LogP) is 4.84. The molecule has 0 radical (unpaired) electrons. The fraction of sp³-hybridized carbons (Fsp3) is 0.478. The van der Waals surface area contributed by atoms with Crippen LogP contribution < -0.4 is 0 Å². The van der Waals surface area contributed by atoms with Crippen molar-refractivity contribution < 1.29 is 13.5 Å². The Kier molecular flexibility index (Phi) is 5.29. The Morgan fingerprint density at radius 1 is 1.29 bits per heavy atom. The van der Waals surface area contributed by atoms with Gasteiger partial charge >= 0.3 is 0 Å². The normalized spacial score (nSPS) is 21.2. The smallest absolute Gasteiger partial charge is 0.177 e. The molecule has 0 amide bonds. The van der Waals surface area contributed by atoms with Gasteiger partial charge in [-0.2, -0.15) is 14.8 Å². The lowest BCUT2D eigenvalue weighted by Gasteiger charge is -2.43.